The van der Waals surface area contributed by atoms with Gasteiger partial charge in [0.1, 0.15) is 0 Å². The van der Waals surface area contributed by atoms with Gasteiger partial charge in [0.05, 0.1) is 28.2 Å². The lowest BCUT2D eigenvalue weighted by molar-refractivity contribution is -0.904. The quantitative estimate of drug-likeness (QED) is 0.0650. The number of carbonyl (C=O) groups excluding carboxylic acids is 3. The zero-order chi connectivity index (χ0) is 35.9. The van der Waals surface area contributed by atoms with E-state index in [2.05, 4.69) is 25.6 Å². The van der Waals surface area contributed by atoms with E-state index >= 15 is 0 Å². The van der Waals surface area contributed by atoms with Crippen LogP contribution in [0.2, 0.25) is 0 Å². The Hall–Kier alpha value is -7.02. The molecule has 0 bridgehead atoms. The van der Waals surface area contributed by atoms with Crippen LogP contribution in [0.1, 0.15) is 50.5 Å². The molecule has 0 aliphatic heterocycles. The molecule has 0 aliphatic rings. The first-order valence-electron chi connectivity index (χ1n) is 15.2. The van der Waals surface area contributed by atoms with Crippen LogP contribution in [0.15, 0.2) is 134 Å². The molecule has 0 saturated heterocycles. The lowest BCUT2D eigenvalue weighted by Crippen LogP contribution is -2.29. The van der Waals surface area contributed by atoms with Crippen LogP contribution in [0.5, 0.6) is 0 Å². The van der Waals surface area contributed by atoms with E-state index in [1.165, 1.54) is 32.4 Å². The number of nitrogens with one attached hydrogen (secondary N) is 2. The summed E-state index contributed by atoms with van der Waals surface area (Å²) in [5.74, 6) is 0.246. The van der Waals surface area contributed by atoms with E-state index in [0.29, 0.717) is 46.3 Å². The smallest absolute Gasteiger partial charge is 0.255 e. The number of nitrogens with zero attached hydrogens (tertiary/aromatic N) is 5. The molecule has 50 heavy (non-hydrogen) atoms. The Morgan fingerprint density at radius 2 is 1.42 bits per heavy atom. The average molecular weight is 673 g/mol. The molecule has 6 aromatic rings. The molecular formula is C37H36N8O5+2. The highest BCUT2D eigenvalue weighted by Gasteiger charge is 2.09. The zero-order valence-electron chi connectivity index (χ0n) is 27.3. The van der Waals surface area contributed by atoms with Crippen LogP contribution in [0.25, 0.3) is 11.3 Å². The second-order valence-electron chi connectivity index (χ2n) is 10.7. The maximum absolute atomic E-state index is 12.4. The molecule has 13 heteroatoms. The van der Waals surface area contributed by atoms with Gasteiger partial charge in [-0.1, -0.05) is 24.3 Å². The summed E-state index contributed by atoms with van der Waals surface area (Å²) in [5, 5.41) is 24.4. The summed E-state index contributed by atoms with van der Waals surface area (Å²) >= 11 is 0. The fourth-order valence-corrected chi connectivity index (χ4v) is 4.22. The lowest BCUT2D eigenvalue weighted by atomic mass is 10.1. The number of amides is 1. The molecule has 6 N–H and O–H groups in total. The number of ketones is 2. The zero-order valence-corrected chi connectivity index (χ0v) is 27.3. The number of para-hydroxylation sites is 2. The first-order chi connectivity index (χ1) is 24.1. The second kappa shape index (κ2) is 17.8. The van der Waals surface area contributed by atoms with Crippen molar-refractivity contribution >= 4 is 34.8 Å². The average Bonchev–Trinajstić information content (AvgIpc) is 3.13. The number of nitrogen functional groups attached to an aromatic ring is 1. The standard InChI is InChI=1S/C23H20N6O2.C7H8NO2.C7H7NO/c24-19-5-1-2-6-21(19)27-22(30)17-9-7-16(8-10-17)14-26-23-25-12-11-20(28-23)18-4-3-13-29(31)15-18;1-6(9)7-3-2-4-8(10)5-7;1-6(9)7-3-2-4-8-5-7/h1-13,15H,14,24H2,(H2-,25,26,27,28,30,31);2-5,10H,1H3;2-5H,1H3/q;+1;/p+1. The van der Waals surface area contributed by atoms with E-state index in [0.717, 1.165) is 20.6 Å². The van der Waals surface area contributed by atoms with Crippen molar-refractivity contribution in [2.45, 2.75) is 20.4 Å². The van der Waals surface area contributed by atoms with Gasteiger partial charge in [0, 0.05) is 57.9 Å². The Morgan fingerprint density at radius 3 is 2.02 bits per heavy atom. The van der Waals surface area contributed by atoms with Crippen molar-refractivity contribution in [3.63, 3.8) is 0 Å². The SMILES string of the molecule is CC(=O)c1ccc[n+](O)c1.CC(=O)c1cccnc1.Nc1ccccc1NC(=O)c1ccc(CNc2nccc(-c3ccc[n+](O)c3)n2)cc1. The third-order valence-corrected chi connectivity index (χ3v) is 6.87. The van der Waals surface area contributed by atoms with E-state index in [4.69, 9.17) is 10.9 Å². The summed E-state index contributed by atoms with van der Waals surface area (Å²) < 4.78 is 1.84. The molecule has 2 aromatic carbocycles. The number of pyridine rings is 3. The van der Waals surface area contributed by atoms with Gasteiger partial charge in [-0.3, -0.25) is 29.8 Å². The van der Waals surface area contributed by atoms with Crippen LogP contribution in [0, 0.1) is 0 Å². The number of Topliss-reactive ketones (excluding diaryl/α,β-unsaturated/α-hetero) is 2. The number of benzene rings is 2. The van der Waals surface area contributed by atoms with Gasteiger partial charge in [-0.05, 0) is 74.0 Å². The highest BCUT2D eigenvalue weighted by atomic mass is 16.5. The van der Waals surface area contributed by atoms with Crippen molar-refractivity contribution in [2.75, 3.05) is 16.4 Å². The highest BCUT2D eigenvalue weighted by Crippen LogP contribution is 2.19. The van der Waals surface area contributed by atoms with Crippen molar-refractivity contribution in [3.05, 3.63) is 157 Å². The fraction of sp³-hybridized carbons (Fsp3) is 0.0811. The molecule has 0 fully saturated rings. The van der Waals surface area contributed by atoms with Crippen LogP contribution in [-0.2, 0) is 6.54 Å². The molecule has 0 radical (unpaired) electrons. The molecule has 0 atom stereocenters. The maximum Gasteiger partial charge on any atom is 0.255 e. The summed E-state index contributed by atoms with van der Waals surface area (Å²) in [4.78, 5) is 46.2. The Kier molecular flexibility index (Phi) is 12.7. The first-order valence-corrected chi connectivity index (χ1v) is 15.2. The minimum absolute atomic E-state index is 0.0524. The van der Waals surface area contributed by atoms with Gasteiger partial charge in [-0.2, -0.15) is 0 Å². The summed E-state index contributed by atoms with van der Waals surface area (Å²) in [5.41, 5.74) is 11.1. The number of hydrogen-bond donors (Lipinski definition) is 5. The summed E-state index contributed by atoms with van der Waals surface area (Å²) in [7, 11) is 0. The monoisotopic (exact) mass is 672 g/mol. The van der Waals surface area contributed by atoms with E-state index in [9.17, 15) is 19.6 Å². The largest absolute Gasteiger partial charge is 0.397 e. The van der Waals surface area contributed by atoms with Gasteiger partial charge in [0.25, 0.3) is 5.91 Å². The van der Waals surface area contributed by atoms with Crippen molar-refractivity contribution in [2.24, 2.45) is 0 Å². The molecule has 0 spiro atoms. The summed E-state index contributed by atoms with van der Waals surface area (Å²) in [6, 6.07) is 26.5. The third-order valence-electron chi connectivity index (χ3n) is 6.87. The molecule has 0 saturated carbocycles. The minimum atomic E-state index is -0.225. The van der Waals surface area contributed by atoms with E-state index in [-0.39, 0.29) is 17.5 Å². The molecule has 13 nitrogen and oxygen atoms in total. The van der Waals surface area contributed by atoms with Gasteiger partial charge in [-0.15, -0.1) is 0 Å². The van der Waals surface area contributed by atoms with Crippen LogP contribution in [0.3, 0.4) is 0 Å². The van der Waals surface area contributed by atoms with Crippen LogP contribution in [-0.4, -0.2) is 42.8 Å². The second-order valence-corrected chi connectivity index (χ2v) is 10.7. The molecule has 1 amide bonds. The molecule has 0 unspecified atom stereocenters. The number of rotatable bonds is 8. The van der Waals surface area contributed by atoms with E-state index in [1.807, 2.05) is 30.3 Å². The van der Waals surface area contributed by atoms with Crippen molar-refractivity contribution in [1.29, 1.82) is 0 Å². The van der Waals surface area contributed by atoms with Crippen LogP contribution < -0.4 is 25.8 Å². The van der Waals surface area contributed by atoms with Gasteiger partial charge in [0.15, 0.2) is 11.6 Å². The Balaban J connectivity index is 0.000000239. The normalized spacial score (nSPS) is 9.96. The van der Waals surface area contributed by atoms with E-state index < -0.39 is 0 Å². The lowest BCUT2D eigenvalue weighted by Gasteiger charge is -2.09. The Labute approximate surface area is 288 Å². The number of hydrogen-bond acceptors (Lipinski definition) is 10. The van der Waals surface area contributed by atoms with Gasteiger partial charge in [-0.25, -0.2) is 9.97 Å². The van der Waals surface area contributed by atoms with Gasteiger partial charge in [0.2, 0.25) is 30.7 Å². The molecule has 4 aromatic heterocycles. The first kappa shape index (κ1) is 35.8. The maximum atomic E-state index is 12.4. The van der Waals surface area contributed by atoms with Crippen molar-refractivity contribution in [1.82, 2.24) is 15.0 Å². The molecule has 0 aliphatic carbocycles. The predicted molar refractivity (Wildman–Crippen MR) is 185 cm³/mol. The van der Waals surface area contributed by atoms with Crippen LogP contribution >= 0.6 is 0 Å². The molecule has 252 valence electrons. The predicted octanol–water partition coefficient (Wildman–Crippen LogP) is 4.81. The summed E-state index contributed by atoms with van der Waals surface area (Å²) in [6.07, 6.45) is 10.8. The number of carbonyl (C=O) groups is 3. The molecule has 6 rings (SSSR count). The van der Waals surface area contributed by atoms with Crippen molar-refractivity contribution in [3.8, 4) is 11.3 Å². The summed E-state index contributed by atoms with van der Waals surface area (Å²) in [6.45, 7) is 3.47. The van der Waals surface area contributed by atoms with Crippen molar-refractivity contribution < 1.29 is 34.3 Å². The Morgan fingerprint density at radius 1 is 0.740 bits per heavy atom. The highest BCUT2D eigenvalue weighted by molar-refractivity contribution is 6.05. The molecular weight excluding hydrogens is 636 g/mol. The number of anilines is 3. The van der Waals surface area contributed by atoms with E-state index in [1.54, 1.807) is 85.5 Å². The number of nitrogens with two attached hydrogens (primary N) is 1. The van der Waals surface area contributed by atoms with Crippen LogP contribution in [0.4, 0.5) is 17.3 Å². The Bertz CT molecular complexity index is 2060. The molecule has 4 heterocycles. The topological polar surface area (TPSA) is 188 Å². The van der Waals surface area contributed by atoms with Gasteiger partial charge < -0.3 is 16.4 Å². The third kappa shape index (κ3) is 11.1. The van der Waals surface area contributed by atoms with Gasteiger partial charge >= 0.3 is 0 Å². The minimum Gasteiger partial charge on any atom is -0.397 e. The number of aromatic nitrogens is 5. The fourth-order valence-electron chi connectivity index (χ4n) is 4.22.